The van der Waals surface area contributed by atoms with Gasteiger partial charge < -0.3 is 9.84 Å². The number of nitrogens with zero attached hydrogens (tertiary/aromatic N) is 1. The van der Waals surface area contributed by atoms with E-state index < -0.39 is 16.0 Å². The normalized spacial score (nSPS) is 11.6. The first-order valence-electron chi connectivity index (χ1n) is 9.93. The maximum absolute atomic E-state index is 14.0. The standard InChI is InChI=1S/C24H19Cl2NO5S/c1-32-17-8-11-21-19(13-17)16(7-12-22(28)29)14-27(21)33(30,31)24-18(9-10-20(25)23(24)26)15-5-3-2-4-6-15/h2-6,8-11,13-14H,7,12H2,1H3,(H,28,29). The number of hydrogen-bond donors (Lipinski definition) is 1. The minimum atomic E-state index is -4.22. The van der Waals surface area contributed by atoms with Crippen molar-refractivity contribution in [1.82, 2.24) is 3.97 Å². The Balaban J connectivity index is 1.99. The topological polar surface area (TPSA) is 85.6 Å². The first kappa shape index (κ1) is 23.2. The van der Waals surface area contributed by atoms with Crippen molar-refractivity contribution in [2.24, 2.45) is 0 Å². The maximum atomic E-state index is 14.0. The molecule has 6 nitrogen and oxygen atoms in total. The fourth-order valence-electron chi connectivity index (χ4n) is 3.74. The Labute approximate surface area is 201 Å². The number of aliphatic carboxylic acids is 1. The molecular formula is C24H19Cl2NO5S. The number of rotatable bonds is 7. The summed E-state index contributed by atoms with van der Waals surface area (Å²) in [6.45, 7) is 0. The van der Waals surface area contributed by atoms with Crippen LogP contribution in [0.2, 0.25) is 10.0 Å². The van der Waals surface area contributed by atoms with Crippen LogP contribution in [0.15, 0.2) is 71.8 Å². The molecule has 0 saturated heterocycles. The fourth-order valence-corrected chi connectivity index (χ4v) is 6.09. The summed E-state index contributed by atoms with van der Waals surface area (Å²) >= 11 is 12.7. The summed E-state index contributed by atoms with van der Waals surface area (Å²) in [7, 11) is -2.72. The van der Waals surface area contributed by atoms with Crippen molar-refractivity contribution < 1.29 is 23.1 Å². The smallest absolute Gasteiger partial charge is 0.303 e. The number of methoxy groups -OCH3 is 1. The lowest BCUT2D eigenvalue weighted by atomic mass is 10.1. The summed E-state index contributed by atoms with van der Waals surface area (Å²) in [6, 6.07) is 17.1. The van der Waals surface area contributed by atoms with Crippen LogP contribution < -0.4 is 4.74 Å². The third-order valence-electron chi connectivity index (χ3n) is 5.32. The van der Waals surface area contributed by atoms with Crippen molar-refractivity contribution in [3.63, 3.8) is 0 Å². The number of benzene rings is 3. The summed E-state index contributed by atoms with van der Waals surface area (Å²) in [5, 5.41) is 9.75. The Kier molecular flexibility index (Phi) is 6.38. The van der Waals surface area contributed by atoms with Gasteiger partial charge in [-0.1, -0.05) is 59.6 Å². The highest BCUT2D eigenvalue weighted by Crippen LogP contribution is 2.40. The zero-order valence-corrected chi connectivity index (χ0v) is 19.8. The molecular weight excluding hydrogens is 485 g/mol. The second-order valence-electron chi connectivity index (χ2n) is 7.34. The molecule has 1 aromatic heterocycles. The molecule has 4 aromatic rings. The van der Waals surface area contributed by atoms with E-state index >= 15 is 0 Å². The minimum absolute atomic E-state index is 0.0829. The molecule has 0 fully saturated rings. The second kappa shape index (κ2) is 9.09. The van der Waals surface area contributed by atoms with Gasteiger partial charge in [0.25, 0.3) is 10.0 Å². The van der Waals surface area contributed by atoms with Crippen LogP contribution in [-0.2, 0) is 21.2 Å². The predicted molar refractivity (Wildman–Crippen MR) is 129 cm³/mol. The van der Waals surface area contributed by atoms with Crippen LogP contribution in [0.1, 0.15) is 12.0 Å². The summed E-state index contributed by atoms with van der Waals surface area (Å²) < 4.78 is 34.4. The lowest BCUT2D eigenvalue weighted by Crippen LogP contribution is -2.14. The van der Waals surface area contributed by atoms with Crippen LogP contribution in [0.5, 0.6) is 5.75 Å². The van der Waals surface area contributed by atoms with Gasteiger partial charge in [-0.25, -0.2) is 12.4 Å². The third kappa shape index (κ3) is 4.31. The Morgan fingerprint density at radius 3 is 2.45 bits per heavy atom. The van der Waals surface area contributed by atoms with Crippen molar-refractivity contribution >= 4 is 50.1 Å². The molecule has 4 rings (SSSR count). The van der Waals surface area contributed by atoms with Crippen LogP contribution in [-0.4, -0.2) is 30.6 Å². The molecule has 0 radical (unpaired) electrons. The SMILES string of the molecule is COc1ccc2c(c1)c(CCC(=O)O)cn2S(=O)(=O)c1c(-c2ccccc2)ccc(Cl)c1Cl. The molecule has 0 unspecified atom stereocenters. The van der Waals surface area contributed by atoms with E-state index in [2.05, 4.69) is 0 Å². The second-order valence-corrected chi connectivity index (χ2v) is 9.87. The van der Waals surface area contributed by atoms with Crippen LogP contribution in [0, 0.1) is 0 Å². The molecule has 3 aromatic carbocycles. The fraction of sp³-hybridized carbons (Fsp3) is 0.125. The van der Waals surface area contributed by atoms with Gasteiger partial charge in [0.1, 0.15) is 10.6 Å². The summed E-state index contributed by atoms with van der Waals surface area (Å²) in [6.07, 6.45) is 1.44. The number of aromatic nitrogens is 1. The van der Waals surface area contributed by atoms with E-state index in [4.69, 9.17) is 33.0 Å². The van der Waals surface area contributed by atoms with Gasteiger partial charge in [-0.2, -0.15) is 0 Å². The number of carbonyl (C=O) groups is 1. The Hall–Kier alpha value is -3.00. The highest BCUT2D eigenvalue weighted by molar-refractivity contribution is 7.90. The average Bonchev–Trinajstić information content (AvgIpc) is 3.18. The van der Waals surface area contributed by atoms with Gasteiger partial charge in [0.05, 0.1) is 22.7 Å². The molecule has 0 aliphatic heterocycles. The van der Waals surface area contributed by atoms with Gasteiger partial charge >= 0.3 is 5.97 Å². The molecule has 1 N–H and O–H groups in total. The van der Waals surface area contributed by atoms with E-state index in [-0.39, 0.29) is 27.8 Å². The number of carboxylic acids is 1. The number of halogens is 2. The van der Waals surface area contributed by atoms with E-state index in [1.807, 2.05) is 6.07 Å². The Morgan fingerprint density at radius 2 is 1.79 bits per heavy atom. The van der Waals surface area contributed by atoms with Crippen molar-refractivity contribution in [2.45, 2.75) is 17.7 Å². The lowest BCUT2D eigenvalue weighted by Gasteiger charge is -2.15. The molecule has 170 valence electrons. The van der Waals surface area contributed by atoms with Gasteiger partial charge in [0.2, 0.25) is 0 Å². The van der Waals surface area contributed by atoms with Gasteiger partial charge in [-0.15, -0.1) is 0 Å². The third-order valence-corrected chi connectivity index (χ3v) is 8.00. The maximum Gasteiger partial charge on any atom is 0.303 e. The molecule has 9 heteroatoms. The van der Waals surface area contributed by atoms with E-state index in [0.717, 1.165) is 3.97 Å². The highest BCUT2D eigenvalue weighted by atomic mass is 35.5. The number of carboxylic acid groups (broad SMARTS) is 1. The van der Waals surface area contributed by atoms with E-state index in [9.17, 15) is 13.2 Å². The van der Waals surface area contributed by atoms with Crippen molar-refractivity contribution in [2.75, 3.05) is 7.11 Å². The van der Waals surface area contributed by atoms with Gasteiger partial charge in [0.15, 0.2) is 0 Å². The quantitative estimate of drug-likeness (QED) is 0.340. The number of hydrogen-bond acceptors (Lipinski definition) is 4. The molecule has 0 aliphatic rings. The minimum Gasteiger partial charge on any atom is -0.497 e. The van der Waals surface area contributed by atoms with Crippen molar-refractivity contribution in [3.05, 3.63) is 82.5 Å². The van der Waals surface area contributed by atoms with Crippen molar-refractivity contribution in [1.29, 1.82) is 0 Å². The first-order valence-corrected chi connectivity index (χ1v) is 12.1. The molecule has 33 heavy (non-hydrogen) atoms. The van der Waals surface area contributed by atoms with E-state index in [1.165, 1.54) is 13.3 Å². The van der Waals surface area contributed by atoms with Gasteiger partial charge in [-0.3, -0.25) is 4.79 Å². The molecule has 1 heterocycles. The number of fused-ring (bicyclic) bond motifs is 1. The van der Waals surface area contributed by atoms with E-state index in [0.29, 0.717) is 33.3 Å². The molecule has 0 aliphatic carbocycles. The average molecular weight is 504 g/mol. The largest absolute Gasteiger partial charge is 0.497 e. The predicted octanol–water partition coefficient (Wildman–Crippen LogP) is 5.88. The summed E-state index contributed by atoms with van der Waals surface area (Å²) in [5.41, 5.74) is 2.02. The zero-order chi connectivity index (χ0) is 23.8. The number of aryl methyl sites for hydroxylation is 1. The number of ether oxygens (including phenoxy) is 1. The van der Waals surface area contributed by atoms with Crippen LogP contribution in [0.4, 0.5) is 0 Å². The summed E-state index contributed by atoms with van der Waals surface area (Å²) in [4.78, 5) is 11.0. The Bertz CT molecular complexity index is 1460. The Morgan fingerprint density at radius 1 is 1.06 bits per heavy atom. The van der Waals surface area contributed by atoms with Gasteiger partial charge in [0, 0.05) is 23.6 Å². The first-order chi connectivity index (χ1) is 15.7. The zero-order valence-electron chi connectivity index (χ0n) is 17.5. The molecule has 0 spiro atoms. The molecule has 0 atom stereocenters. The monoisotopic (exact) mass is 503 g/mol. The molecule has 0 amide bonds. The summed E-state index contributed by atoms with van der Waals surface area (Å²) in [5.74, 6) is -0.453. The van der Waals surface area contributed by atoms with E-state index in [1.54, 1.807) is 54.6 Å². The van der Waals surface area contributed by atoms with Crippen molar-refractivity contribution in [3.8, 4) is 16.9 Å². The molecule has 0 saturated carbocycles. The van der Waals surface area contributed by atoms with Gasteiger partial charge in [-0.05, 0) is 41.8 Å². The highest BCUT2D eigenvalue weighted by Gasteiger charge is 2.29. The molecule has 0 bridgehead atoms. The van der Waals surface area contributed by atoms with Crippen LogP contribution in [0.3, 0.4) is 0 Å². The lowest BCUT2D eigenvalue weighted by molar-refractivity contribution is -0.136. The van der Waals surface area contributed by atoms with Crippen LogP contribution >= 0.6 is 23.2 Å². The van der Waals surface area contributed by atoms with Crippen LogP contribution in [0.25, 0.3) is 22.0 Å².